The Morgan fingerprint density at radius 3 is 2.94 bits per heavy atom. The lowest BCUT2D eigenvalue weighted by atomic mass is 10.1. The Balaban J connectivity index is 2.20. The average Bonchev–Trinajstić information content (AvgIpc) is 3.23. The Morgan fingerprint density at radius 1 is 1.56 bits per heavy atom. The zero-order valence-electron chi connectivity index (χ0n) is 11.1. The van der Waals surface area contributed by atoms with E-state index in [1.807, 2.05) is 12.4 Å². The minimum Gasteiger partial charge on any atom is -0.383 e. The first-order valence-electron chi connectivity index (χ1n) is 6.52. The molecule has 0 bridgehead atoms. The fourth-order valence-corrected chi connectivity index (χ4v) is 2.58. The number of ether oxygens (including phenoxy) is 1. The maximum Gasteiger partial charge on any atom is 0.0637 e. The Hall–Kier alpha value is -0.800. The van der Waals surface area contributed by atoms with E-state index in [0.717, 1.165) is 24.6 Å². The van der Waals surface area contributed by atoms with Gasteiger partial charge in [-0.1, -0.05) is 0 Å². The molecule has 1 heterocycles. The van der Waals surface area contributed by atoms with E-state index < -0.39 is 0 Å². The molecule has 2 rings (SSSR count). The predicted octanol–water partition coefficient (Wildman–Crippen LogP) is 3.07. The second-order valence-corrected chi connectivity index (χ2v) is 5.17. The van der Waals surface area contributed by atoms with Gasteiger partial charge in [0.15, 0.2) is 0 Å². The van der Waals surface area contributed by atoms with Crippen molar-refractivity contribution in [3.63, 3.8) is 0 Å². The molecule has 0 spiro atoms. The molecule has 1 saturated carbocycles. The number of hydrogen-bond donors (Lipinski definition) is 0. The number of halogens is 1. The maximum atomic E-state index is 6.01. The molecule has 0 amide bonds. The summed E-state index contributed by atoms with van der Waals surface area (Å²) in [4.78, 5) is 6.57. The summed E-state index contributed by atoms with van der Waals surface area (Å²) >= 11 is 6.01. The van der Waals surface area contributed by atoms with E-state index in [9.17, 15) is 0 Å². The summed E-state index contributed by atoms with van der Waals surface area (Å²) in [5, 5.41) is 0. The highest BCUT2D eigenvalue weighted by atomic mass is 35.5. The highest BCUT2D eigenvalue weighted by Gasteiger charge is 2.32. The number of nitrogens with zero attached hydrogens (tertiary/aromatic N) is 2. The SMILES string of the molecule is COCCN(c1ccncc1CCl)C(C)C1CC1. The predicted molar refractivity (Wildman–Crippen MR) is 75.2 cm³/mol. The van der Waals surface area contributed by atoms with Crippen LogP contribution in [0, 0.1) is 5.92 Å². The van der Waals surface area contributed by atoms with Gasteiger partial charge in [0.25, 0.3) is 0 Å². The molecule has 1 aliphatic rings. The largest absolute Gasteiger partial charge is 0.383 e. The summed E-state index contributed by atoms with van der Waals surface area (Å²) in [5.41, 5.74) is 2.30. The van der Waals surface area contributed by atoms with E-state index in [1.54, 1.807) is 7.11 Å². The van der Waals surface area contributed by atoms with Crippen LogP contribution in [0.5, 0.6) is 0 Å². The Labute approximate surface area is 114 Å². The van der Waals surface area contributed by atoms with Crippen LogP contribution in [0.1, 0.15) is 25.3 Å². The third-order valence-electron chi connectivity index (χ3n) is 3.66. The highest BCUT2D eigenvalue weighted by molar-refractivity contribution is 6.17. The Bertz CT molecular complexity index is 382. The van der Waals surface area contributed by atoms with Gasteiger partial charge in [-0.15, -0.1) is 11.6 Å². The van der Waals surface area contributed by atoms with Crippen LogP contribution in [-0.4, -0.2) is 31.3 Å². The van der Waals surface area contributed by atoms with Crippen LogP contribution < -0.4 is 4.90 Å². The Morgan fingerprint density at radius 2 is 2.33 bits per heavy atom. The molecule has 3 nitrogen and oxygen atoms in total. The fourth-order valence-electron chi connectivity index (χ4n) is 2.37. The molecule has 0 saturated heterocycles. The number of pyridine rings is 1. The van der Waals surface area contributed by atoms with E-state index in [0.29, 0.717) is 11.9 Å². The maximum absolute atomic E-state index is 6.01. The summed E-state index contributed by atoms with van der Waals surface area (Å²) in [7, 11) is 1.75. The smallest absolute Gasteiger partial charge is 0.0637 e. The third-order valence-corrected chi connectivity index (χ3v) is 3.95. The van der Waals surface area contributed by atoms with E-state index >= 15 is 0 Å². The summed E-state index contributed by atoms with van der Waals surface area (Å²) < 4.78 is 5.23. The summed E-state index contributed by atoms with van der Waals surface area (Å²) in [6.07, 6.45) is 6.38. The quantitative estimate of drug-likeness (QED) is 0.711. The summed E-state index contributed by atoms with van der Waals surface area (Å²) in [6, 6.07) is 2.61. The molecule has 0 N–H and O–H groups in total. The lowest BCUT2D eigenvalue weighted by Crippen LogP contribution is -2.37. The first-order chi connectivity index (χ1) is 8.77. The van der Waals surface area contributed by atoms with Gasteiger partial charge in [-0.2, -0.15) is 0 Å². The van der Waals surface area contributed by atoms with Gasteiger partial charge in [0.1, 0.15) is 0 Å². The average molecular weight is 269 g/mol. The molecular formula is C14H21ClN2O. The molecule has 0 aromatic carbocycles. The lowest BCUT2D eigenvalue weighted by Gasteiger charge is -2.32. The second-order valence-electron chi connectivity index (χ2n) is 4.90. The van der Waals surface area contributed by atoms with Crippen molar-refractivity contribution in [2.24, 2.45) is 5.92 Å². The first-order valence-corrected chi connectivity index (χ1v) is 7.05. The van der Waals surface area contributed by atoms with Gasteiger partial charge >= 0.3 is 0 Å². The summed E-state index contributed by atoms with van der Waals surface area (Å²) in [6.45, 7) is 3.94. The van der Waals surface area contributed by atoms with Gasteiger partial charge in [-0.3, -0.25) is 4.98 Å². The van der Waals surface area contributed by atoms with Crippen LogP contribution in [0.2, 0.25) is 0 Å². The standard InChI is InChI=1S/C14H21ClN2O/c1-11(12-3-4-12)17(7-8-18-2)14-5-6-16-10-13(14)9-15/h5-6,10-12H,3-4,7-9H2,1-2H3. The number of methoxy groups -OCH3 is 1. The molecule has 1 unspecified atom stereocenters. The molecule has 100 valence electrons. The van der Waals surface area contributed by atoms with Crippen LogP contribution in [0.4, 0.5) is 5.69 Å². The molecule has 1 aliphatic carbocycles. The van der Waals surface area contributed by atoms with E-state index in [2.05, 4.69) is 22.9 Å². The molecule has 18 heavy (non-hydrogen) atoms. The van der Waals surface area contributed by atoms with Crippen molar-refractivity contribution in [3.05, 3.63) is 24.0 Å². The normalized spacial score (nSPS) is 16.6. The van der Waals surface area contributed by atoms with Gasteiger partial charge in [0.2, 0.25) is 0 Å². The van der Waals surface area contributed by atoms with Gasteiger partial charge in [0, 0.05) is 43.3 Å². The van der Waals surface area contributed by atoms with Crippen LogP contribution in [0.25, 0.3) is 0 Å². The van der Waals surface area contributed by atoms with E-state index in [1.165, 1.54) is 18.5 Å². The molecule has 0 aliphatic heterocycles. The number of alkyl halides is 1. The van der Waals surface area contributed by atoms with E-state index in [-0.39, 0.29) is 0 Å². The molecule has 1 aromatic rings. The fraction of sp³-hybridized carbons (Fsp3) is 0.643. The van der Waals surface area contributed by atoms with Crippen molar-refractivity contribution in [2.45, 2.75) is 31.7 Å². The number of aromatic nitrogens is 1. The number of rotatable bonds is 7. The van der Waals surface area contributed by atoms with Crippen LogP contribution in [0.15, 0.2) is 18.5 Å². The van der Waals surface area contributed by atoms with Crippen molar-refractivity contribution in [3.8, 4) is 0 Å². The van der Waals surface area contributed by atoms with Crippen molar-refractivity contribution in [2.75, 3.05) is 25.2 Å². The minimum atomic E-state index is 0.504. The number of anilines is 1. The number of hydrogen-bond acceptors (Lipinski definition) is 3. The molecule has 1 fully saturated rings. The molecule has 4 heteroatoms. The minimum absolute atomic E-state index is 0.504. The van der Waals surface area contributed by atoms with Crippen molar-refractivity contribution in [1.82, 2.24) is 4.98 Å². The van der Waals surface area contributed by atoms with Gasteiger partial charge in [-0.25, -0.2) is 0 Å². The first kappa shape index (κ1) is 13.6. The highest BCUT2D eigenvalue weighted by Crippen LogP contribution is 2.37. The van der Waals surface area contributed by atoms with Crippen molar-refractivity contribution in [1.29, 1.82) is 0 Å². The second kappa shape index (κ2) is 6.39. The Kier molecular flexibility index (Phi) is 4.84. The van der Waals surface area contributed by atoms with Gasteiger partial charge in [0.05, 0.1) is 12.5 Å². The zero-order valence-corrected chi connectivity index (χ0v) is 11.9. The monoisotopic (exact) mass is 268 g/mol. The third kappa shape index (κ3) is 3.15. The lowest BCUT2D eigenvalue weighted by molar-refractivity contribution is 0.202. The van der Waals surface area contributed by atoms with Gasteiger partial charge < -0.3 is 9.64 Å². The van der Waals surface area contributed by atoms with Crippen LogP contribution in [-0.2, 0) is 10.6 Å². The molecule has 0 radical (unpaired) electrons. The molecule has 1 atom stereocenters. The zero-order chi connectivity index (χ0) is 13.0. The van der Waals surface area contributed by atoms with Crippen LogP contribution in [0.3, 0.4) is 0 Å². The van der Waals surface area contributed by atoms with Crippen molar-refractivity contribution < 1.29 is 4.74 Å². The van der Waals surface area contributed by atoms with Gasteiger partial charge in [-0.05, 0) is 31.7 Å². The molecular weight excluding hydrogens is 248 g/mol. The topological polar surface area (TPSA) is 25.4 Å². The molecule has 1 aromatic heterocycles. The van der Waals surface area contributed by atoms with E-state index in [4.69, 9.17) is 16.3 Å². The van der Waals surface area contributed by atoms with Crippen LogP contribution >= 0.6 is 11.6 Å². The summed E-state index contributed by atoms with van der Waals surface area (Å²) in [5.74, 6) is 1.32. The van der Waals surface area contributed by atoms with Crippen molar-refractivity contribution >= 4 is 17.3 Å².